The van der Waals surface area contributed by atoms with Gasteiger partial charge in [-0.15, -0.1) is 0 Å². The molecule has 0 radical (unpaired) electrons. The third kappa shape index (κ3) is 3.63. The number of benzene rings is 2. The molecule has 162 valence electrons. The second-order valence-electron chi connectivity index (χ2n) is 7.59. The van der Waals surface area contributed by atoms with E-state index in [9.17, 15) is 14.7 Å². The molecule has 1 aliphatic rings. The lowest BCUT2D eigenvalue weighted by atomic mass is 9.95. The Morgan fingerprint density at radius 3 is 2.56 bits per heavy atom. The van der Waals surface area contributed by atoms with Gasteiger partial charge >= 0.3 is 0 Å². The number of halogens is 1. The van der Waals surface area contributed by atoms with Crippen molar-refractivity contribution in [3.8, 4) is 5.75 Å². The molecule has 1 unspecified atom stereocenters. The molecule has 0 aliphatic carbocycles. The third-order valence-electron chi connectivity index (χ3n) is 5.49. The lowest BCUT2D eigenvalue weighted by molar-refractivity contribution is -0.132. The summed E-state index contributed by atoms with van der Waals surface area (Å²) in [6, 6.07) is 13.0. The number of carbonyl (C=O) groups excluding carboxylic acids is 2. The van der Waals surface area contributed by atoms with Crippen LogP contribution in [0.5, 0.6) is 5.75 Å². The van der Waals surface area contributed by atoms with Gasteiger partial charge in [0.2, 0.25) is 0 Å². The van der Waals surface area contributed by atoms with Crippen LogP contribution in [0.2, 0.25) is 5.02 Å². The fourth-order valence-corrected chi connectivity index (χ4v) is 4.01. The molecule has 2 aromatic carbocycles. The Morgan fingerprint density at radius 2 is 1.91 bits per heavy atom. The van der Waals surface area contributed by atoms with Crippen molar-refractivity contribution < 1.29 is 19.4 Å². The van der Waals surface area contributed by atoms with Crippen LogP contribution >= 0.6 is 11.6 Å². The van der Waals surface area contributed by atoms with E-state index in [-0.39, 0.29) is 11.3 Å². The summed E-state index contributed by atoms with van der Waals surface area (Å²) >= 11 is 6.31. The van der Waals surface area contributed by atoms with Crippen molar-refractivity contribution in [1.82, 2.24) is 4.98 Å². The number of aryl methyl sites for hydroxylation is 2. The lowest BCUT2D eigenvalue weighted by Gasteiger charge is -2.25. The predicted octanol–water partition coefficient (Wildman–Crippen LogP) is 4.99. The monoisotopic (exact) mass is 448 g/mol. The first kappa shape index (κ1) is 21.6. The molecule has 0 saturated carbocycles. The maximum Gasteiger partial charge on any atom is 0.300 e. The van der Waals surface area contributed by atoms with Crippen molar-refractivity contribution >= 4 is 34.7 Å². The first-order chi connectivity index (χ1) is 15.3. The van der Waals surface area contributed by atoms with Gasteiger partial charge in [0, 0.05) is 23.1 Å². The summed E-state index contributed by atoms with van der Waals surface area (Å²) in [5.74, 6) is -1.47. The Morgan fingerprint density at radius 1 is 1.12 bits per heavy atom. The van der Waals surface area contributed by atoms with E-state index < -0.39 is 17.7 Å². The molecule has 1 aromatic heterocycles. The molecule has 1 saturated heterocycles. The number of ketones is 1. The molecule has 0 bridgehead atoms. The molecule has 7 heteroatoms. The van der Waals surface area contributed by atoms with E-state index in [1.165, 1.54) is 12.0 Å². The SMILES string of the molecule is COc1ccc(C)cc1/C(O)=C1\C(=O)C(=O)N(c2ccc(C)c(Cl)c2)C1c1cccnc1. The summed E-state index contributed by atoms with van der Waals surface area (Å²) in [5.41, 5.74) is 3.03. The van der Waals surface area contributed by atoms with Crippen LogP contribution in [0, 0.1) is 13.8 Å². The van der Waals surface area contributed by atoms with E-state index in [2.05, 4.69) is 4.98 Å². The van der Waals surface area contributed by atoms with Gasteiger partial charge in [0.25, 0.3) is 11.7 Å². The van der Waals surface area contributed by atoms with Crippen LogP contribution in [0.1, 0.15) is 28.3 Å². The van der Waals surface area contributed by atoms with Crippen molar-refractivity contribution in [2.75, 3.05) is 12.0 Å². The van der Waals surface area contributed by atoms with Gasteiger partial charge < -0.3 is 9.84 Å². The molecule has 1 fully saturated rings. The number of hydrogen-bond donors (Lipinski definition) is 1. The first-order valence-electron chi connectivity index (χ1n) is 9.95. The molecule has 1 aliphatic heterocycles. The molecular weight excluding hydrogens is 428 g/mol. The van der Waals surface area contributed by atoms with Crippen molar-refractivity contribution in [2.45, 2.75) is 19.9 Å². The summed E-state index contributed by atoms with van der Waals surface area (Å²) in [4.78, 5) is 31.9. The van der Waals surface area contributed by atoms with Gasteiger partial charge in [0.1, 0.15) is 11.5 Å². The molecule has 1 amide bonds. The van der Waals surface area contributed by atoms with Crippen LogP contribution in [0.25, 0.3) is 5.76 Å². The Kier molecular flexibility index (Phi) is 5.72. The minimum absolute atomic E-state index is 0.0383. The molecule has 1 atom stereocenters. The van der Waals surface area contributed by atoms with E-state index in [0.29, 0.717) is 27.6 Å². The number of methoxy groups -OCH3 is 1. The molecule has 32 heavy (non-hydrogen) atoms. The topological polar surface area (TPSA) is 79.7 Å². The maximum absolute atomic E-state index is 13.2. The maximum atomic E-state index is 13.2. The number of aliphatic hydroxyl groups excluding tert-OH is 1. The number of aromatic nitrogens is 1. The highest BCUT2D eigenvalue weighted by molar-refractivity contribution is 6.51. The van der Waals surface area contributed by atoms with Gasteiger partial charge in [-0.25, -0.2) is 0 Å². The van der Waals surface area contributed by atoms with Gasteiger partial charge in [-0.2, -0.15) is 0 Å². The number of anilines is 1. The molecule has 2 heterocycles. The summed E-state index contributed by atoms with van der Waals surface area (Å²) in [6.07, 6.45) is 3.17. The Hall–Kier alpha value is -3.64. The largest absolute Gasteiger partial charge is 0.507 e. The summed E-state index contributed by atoms with van der Waals surface area (Å²) in [6.45, 7) is 3.71. The number of carbonyl (C=O) groups is 2. The highest BCUT2D eigenvalue weighted by Crippen LogP contribution is 2.43. The highest BCUT2D eigenvalue weighted by atomic mass is 35.5. The number of ether oxygens (including phenoxy) is 1. The third-order valence-corrected chi connectivity index (χ3v) is 5.90. The van der Waals surface area contributed by atoms with Gasteiger partial charge in [-0.3, -0.25) is 19.5 Å². The number of pyridine rings is 1. The van der Waals surface area contributed by atoms with E-state index in [1.807, 2.05) is 19.9 Å². The number of rotatable bonds is 4. The first-order valence-corrected chi connectivity index (χ1v) is 10.3. The minimum atomic E-state index is -0.882. The van der Waals surface area contributed by atoms with Crippen LogP contribution in [-0.4, -0.2) is 28.9 Å². The molecule has 3 aromatic rings. The fraction of sp³-hybridized carbons (Fsp3) is 0.160. The zero-order valence-electron chi connectivity index (χ0n) is 17.8. The minimum Gasteiger partial charge on any atom is -0.507 e. The molecule has 4 rings (SSSR count). The van der Waals surface area contributed by atoms with E-state index >= 15 is 0 Å². The Labute approximate surface area is 190 Å². The number of aliphatic hydroxyl groups is 1. The summed E-state index contributed by atoms with van der Waals surface area (Å²) in [5, 5.41) is 11.8. The van der Waals surface area contributed by atoms with E-state index in [4.69, 9.17) is 16.3 Å². The molecular formula is C25H21ClN2O4. The summed E-state index contributed by atoms with van der Waals surface area (Å²) < 4.78 is 5.39. The Bertz CT molecular complexity index is 1250. The highest BCUT2D eigenvalue weighted by Gasteiger charge is 2.47. The van der Waals surface area contributed by atoms with Crippen molar-refractivity contribution in [1.29, 1.82) is 0 Å². The normalized spacial score (nSPS) is 17.6. The number of nitrogens with zero attached hydrogens (tertiary/aromatic N) is 2. The van der Waals surface area contributed by atoms with Crippen LogP contribution in [0.15, 0.2) is 66.5 Å². The quantitative estimate of drug-likeness (QED) is 0.345. The zero-order chi connectivity index (χ0) is 23.0. The van der Waals surface area contributed by atoms with E-state index in [1.54, 1.807) is 54.9 Å². The second kappa shape index (κ2) is 8.48. The second-order valence-corrected chi connectivity index (χ2v) is 8.00. The number of Topliss-reactive ketones (excluding diaryl/α,β-unsaturated/α-hetero) is 1. The van der Waals surface area contributed by atoms with Gasteiger partial charge in [0.05, 0.1) is 24.3 Å². The van der Waals surface area contributed by atoms with Crippen molar-refractivity contribution in [3.63, 3.8) is 0 Å². The number of amides is 1. The fourth-order valence-electron chi connectivity index (χ4n) is 3.84. The zero-order valence-corrected chi connectivity index (χ0v) is 18.6. The van der Waals surface area contributed by atoms with Gasteiger partial charge in [-0.1, -0.05) is 35.4 Å². The molecule has 0 spiro atoms. The standard InChI is InChI=1S/C25H21ClN2O4/c1-14-6-9-20(32-3)18(11-14)23(29)21-22(16-5-4-10-27-13-16)28(25(31)24(21)30)17-8-7-15(2)19(26)12-17/h4-13,22,29H,1-3H3/b23-21+. The van der Waals surface area contributed by atoms with E-state index in [0.717, 1.165) is 11.1 Å². The van der Waals surface area contributed by atoms with Crippen molar-refractivity contribution in [2.24, 2.45) is 0 Å². The van der Waals surface area contributed by atoms with Crippen LogP contribution in [0.4, 0.5) is 5.69 Å². The Balaban J connectivity index is 1.98. The van der Waals surface area contributed by atoms with Gasteiger partial charge in [-0.05, 0) is 55.3 Å². The predicted molar refractivity (Wildman–Crippen MR) is 123 cm³/mol. The van der Waals surface area contributed by atoms with Crippen molar-refractivity contribution in [3.05, 3.63) is 93.8 Å². The van der Waals surface area contributed by atoms with Crippen LogP contribution in [-0.2, 0) is 9.59 Å². The average Bonchev–Trinajstić information content (AvgIpc) is 3.06. The van der Waals surface area contributed by atoms with Crippen LogP contribution < -0.4 is 9.64 Å². The lowest BCUT2D eigenvalue weighted by Crippen LogP contribution is -2.29. The number of hydrogen-bond acceptors (Lipinski definition) is 5. The van der Waals surface area contributed by atoms with Gasteiger partial charge in [0.15, 0.2) is 0 Å². The summed E-state index contributed by atoms with van der Waals surface area (Å²) in [7, 11) is 1.48. The van der Waals surface area contributed by atoms with Crippen LogP contribution in [0.3, 0.4) is 0 Å². The molecule has 6 nitrogen and oxygen atoms in total. The smallest absolute Gasteiger partial charge is 0.300 e. The molecule has 1 N–H and O–H groups in total. The average molecular weight is 449 g/mol.